The summed E-state index contributed by atoms with van der Waals surface area (Å²) in [6.45, 7) is 0.600. The van der Waals surface area contributed by atoms with Gasteiger partial charge in [0.15, 0.2) is 0 Å². The summed E-state index contributed by atoms with van der Waals surface area (Å²) in [5.74, 6) is 2.09. The van der Waals surface area contributed by atoms with Crippen molar-refractivity contribution < 1.29 is 10.2 Å². The van der Waals surface area contributed by atoms with Crippen LogP contribution in [0.25, 0.3) is 0 Å². The van der Waals surface area contributed by atoms with Crippen LogP contribution in [0.3, 0.4) is 0 Å². The molecule has 0 heterocycles. The fraction of sp³-hybridized carbons (Fsp3) is 1.00. The van der Waals surface area contributed by atoms with Gasteiger partial charge < -0.3 is 10.2 Å². The minimum Gasteiger partial charge on any atom is -0.396 e. The largest absolute Gasteiger partial charge is 0.396 e. The molecule has 0 bridgehead atoms. The van der Waals surface area contributed by atoms with Crippen LogP contribution in [-0.2, 0) is 0 Å². The van der Waals surface area contributed by atoms with E-state index in [9.17, 15) is 0 Å². The lowest BCUT2D eigenvalue weighted by atomic mass is 10.5. The fourth-order valence-electron chi connectivity index (χ4n) is 0.510. The van der Waals surface area contributed by atoms with Gasteiger partial charge in [-0.25, -0.2) is 0 Å². The third-order valence-corrected chi connectivity index (χ3v) is 3.55. The van der Waals surface area contributed by atoms with Gasteiger partial charge in [0.25, 0.3) is 0 Å². The Bertz CT molecular complexity index is 63.5. The van der Waals surface area contributed by atoms with Crippen molar-refractivity contribution in [1.82, 2.24) is 0 Å². The molecule has 0 aromatic rings. The van der Waals surface area contributed by atoms with Gasteiger partial charge in [-0.15, -0.1) is 0 Å². The van der Waals surface area contributed by atoms with Crippen LogP contribution in [0.15, 0.2) is 0 Å². The van der Waals surface area contributed by atoms with Crippen LogP contribution in [0, 0.1) is 0 Å². The van der Waals surface area contributed by atoms with Crippen molar-refractivity contribution in [2.24, 2.45) is 0 Å². The summed E-state index contributed by atoms with van der Waals surface area (Å²) in [5, 5.41) is 18.0. The highest BCUT2D eigenvalue weighted by Gasteiger charge is 1.89. The molecular formula is C7H16O2S2. The van der Waals surface area contributed by atoms with E-state index in [1.165, 1.54) is 0 Å². The van der Waals surface area contributed by atoms with Crippen LogP contribution >= 0.6 is 23.5 Å². The lowest BCUT2D eigenvalue weighted by molar-refractivity contribution is 0.296. The normalized spacial score (nSPS) is 10.4. The second-order valence-electron chi connectivity index (χ2n) is 2.09. The van der Waals surface area contributed by atoms with E-state index in [1.54, 1.807) is 0 Å². The Labute approximate surface area is 76.8 Å². The summed E-state index contributed by atoms with van der Waals surface area (Å²) in [7, 11) is 0. The van der Waals surface area contributed by atoms with Gasteiger partial charge in [0, 0.05) is 18.3 Å². The molecule has 0 radical (unpaired) electrons. The quantitative estimate of drug-likeness (QED) is 0.452. The summed E-state index contributed by atoms with van der Waals surface area (Å²) < 4.78 is 0. The Morgan fingerprint density at radius 1 is 0.818 bits per heavy atom. The third kappa shape index (κ3) is 10.6. The number of rotatable bonds is 8. The fourth-order valence-corrected chi connectivity index (χ4v) is 2.59. The maximum atomic E-state index is 8.45. The van der Waals surface area contributed by atoms with Crippen LogP contribution in [0.5, 0.6) is 0 Å². The minimum absolute atomic E-state index is 0.300. The van der Waals surface area contributed by atoms with Crippen molar-refractivity contribution in [1.29, 1.82) is 0 Å². The van der Waals surface area contributed by atoms with Gasteiger partial charge in [0.2, 0.25) is 0 Å². The molecule has 4 heteroatoms. The first-order valence-corrected chi connectivity index (χ1v) is 6.10. The molecule has 0 amide bonds. The first-order chi connectivity index (χ1) is 5.41. The highest BCUT2D eigenvalue weighted by Crippen LogP contribution is 2.13. The summed E-state index contributed by atoms with van der Waals surface area (Å²) in [6, 6.07) is 0. The summed E-state index contributed by atoms with van der Waals surface area (Å²) in [6.07, 6.45) is 1.79. The van der Waals surface area contributed by atoms with Gasteiger partial charge >= 0.3 is 0 Å². The van der Waals surface area contributed by atoms with Crippen LogP contribution in [-0.4, -0.2) is 40.0 Å². The van der Waals surface area contributed by atoms with E-state index in [2.05, 4.69) is 0 Å². The summed E-state index contributed by atoms with van der Waals surface area (Å²) >= 11 is 3.70. The molecular weight excluding hydrogens is 180 g/mol. The number of thioether (sulfide) groups is 2. The molecule has 0 aromatic heterocycles. The van der Waals surface area contributed by atoms with Crippen molar-refractivity contribution in [2.45, 2.75) is 12.8 Å². The molecule has 2 nitrogen and oxygen atoms in total. The minimum atomic E-state index is 0.300. The van der Waals surface area contributed by atoms with E-state index in [0.717, 1.165) is 29.4 Å². The van der Waals surface area contributed by atoms with E-state index in [1.807, 2.05) is 23.5 Å². The van der Waals surface area contributed by atoms with E-state index in [-0.39, 0.29) is 0 Å². The average Bonchev–Trinajstić information content (AvgIpc) is 2.03. The molecule has 0 saturated carbocycles. The smallest absolute Gasteiger partial charge is 0.0438 e. The van der Waals surface area contributed by atoms with Crippen molar-refractivity contribution in [3.8, 4) is 0 Å². The van der Waals surface area contributed by atoms with E-state index < -0.39 is 0 Å². The summed E-state index contributed by atoms with van der Waals surface area (Å²) in [5.41, 5.74) is 0. The van der Waals surface area contributed by atoms with Crippen molar-refractivity contribution in [3.63, 3.8) is 0 Å². The molecule has 68 valence electrons. The van der Waals surface area contributed by atoms with E-state index in [4.69, 9.17) is 10.2 Å². The molecule has 0 unspecified atom stereocenters. The zero-order chi connectivity index (χ0) is 8.36. The number of hydrogen-bond donors (Lipinski definition) is 2. The maximum absolute atomic E-state index is 8.45. The Morgan fingerprint density at radius 2 is 1.27 bits per heavy atom. The van der Waals surface area contributed by atoms with Gasteiger partial charge in [-0.2, -0.15) is 23.5 Å². The van der Waals surface area contributed by atoms with Gasteiger partial charge in [0.05, 0.1) is 0 Å². The highest BCUT2D eigenvalue weighted by molar-refractivity contribution is 8.15. The Morgan fingerprint density at radius 3 is 1.64 bits per heavy atom. The first-order valence-electron chi connectivity index (χ1n) is 3.79. The predicted molar refractivity (Wildman–Crippen MR) is 53.2 cm³/mol. The molecule has 0 aliphatic carbocycles. The number of aliphatic hydroxyl groups excluding tert-OH is 2. The molecule has 2 N–H and O–H groups in total. The lowest BCUT2D eigenvalue weighted by Gasteiger charge is -1.98. The standard InChI is InChI=1S/C7H16O2S2/c8-3-1-5-10-7-11-6-2-4-9/h8-9H,1-7H2. The van der Waals surface area contributed by atoms with Crippen molar-refractivity contribution in [3.05, 3.63) is 0 Å². The van der Waals surface area contributed by atoms with Gasteiger partial charge in [-0.1, -0.05) is 0 Å². The second-order valence-corrected chi connectivity index (χ2v) is 4.66. The zero-order valence-corrected chi connectivity index (χ0v) is 8.29. The molecule has 0 fully saturated rings. The topological polar surface area (TPSA) is 40.5 Å². The van der Waals surface area contributed by atoms with Crippen molar-refractivity contribution in [2.75, 3.05) is 29.8 Å². The van der Waals surface area contributed by atoms with Crippen molar-refractivity contribution >= 4 is 23.5 Å². The van der Waals surface area contributed by atoms with Gasteiger partial charge in [-0.05, 0) is 24.3 Å². The second kappa shape index (κ2) is 10.6. The Hall–Kier alpha value is 0.620. The molecule has 0 aromatic carbocycles. The third-order valence-electron chi connectivity index (χ3n) is 1.06. The molecule has 0 rings (SSSR count). The Kier molecular flexibility index (Phi) is 11.2. The van der Waals surface area contributed by atoms with Crippen LogP contribution in [0.4, 0.5) is 0 Å². The zero-order valence-electron chi connectivity index (χ0n) is 6.66. The maximum Gasteiger partial charge on any atom is 0.0438 e. The molecule has 11 heavy (non-hydrogen) atoms. The molecule has 0 aliphatic rings. The summed E-state index contributed by atoms with van der Waals surface area (Å²) in [4.78, 5) is 0. The molecule has 0 saturated heterocycles. The average molecular weight is 196 g/mol. The number of hydrogen-bond acceptors (Lipinski definition) is 4. The number of aliphatic hydroxyl groups is 2. The molecule has 0 aliphatic heterocycles. The first kappa shape index (κ1) is 11.6. The Balaban J connectivity index is 2.69. The van der Waals surface area contributed by atoms with E-state index in [0.29, 0.717) is 13.2 Å². The SMILES string of the molecule is OCCCSCSCCCO. The molecule has 0 atom stereocenters. The van der Waals surface area contributed by atoms with E-state index >= 15 is 0 Å². The molecule has 0 spiro atoms. The van der Waals surface area contributed by atoms with Crippen LogP contribution in [0.2, 0.25) is 0 Å². The predicted octanol–water partition coefficient (Wildman–Crippen LogP) is 1.18. The van der Waals surface area contributed by atoms with Gasteiger partial charge in [-0.3, -0.25) is 0 Å². The highest BCUT2D eigenvalue weighted by atomic mass is 32.2. The lowest BCUT2D eigenvalue weighted by Crippen LogP contribution is -1.88. The van der Waals surface area contributed by atoms with Crippen LogP contribution in [0.1, 0.15) is 12.8 Å². The van der Waals surface area contributed by atoms with Crippen LogP contribution < -0.4 is 0 Å². The monoisotopic (exact) mass is 196 g/mol. The van der Waals surface area contributed by atoms with Gasteiger partial charge in [0.1, 0.15) is 0 Å².